The van der Waals surface area contributed by atoms with Gasteiger partial charge in [-0.2, -0.15) is 5.26 Å². The Morgan fingerprint density at radius 3 is 2.86 bits per heavy atom. The minimum absolute atomic E-state index is 0.0738. The summed E-state index contributed by atoms with van der Waals surface area (Å²) in [4.78, 5) is 18.7. The van der Waals surface area contributed by atoms with Crippen molar-refractivity contribution >= 4 is 34.4 Å². The number of anilines is 1. The van der Waals surface area contributed by atoms with Gasteiger partial charge in [0.15, 0.2) is 0 Å². The number of hydrogen-bond acceptors (Lipinski definition) is 5. The fourth-order valence-corrected chi connectivity index (χ4v) is 4.18. The Hall–Kier alpha value is -2.95. The number of carbonyl (C=O) groups excluding carboxylic acids is 1. The molecule has 142 valence electrons. The van der Waals surface area contributed by atoms with Gasteiger partial charge in [0.1, 0.15) is 6.07 Å². The Labute approximate surface area is 168 Å². The van der Waals surface area contributed by atoms with Crippen molar-refractivity contribution in [2.75, 3.05) is 30.9 Å². The third-order valence-corrected chi connectivity index (χ3v) is 5.74. The zero-order valence-electron chi connectivity index (χ0n) is 15.6. The third-order valence-electron chi connectivity index (χ3n) is 4.93. The number of amides is 1. The Balaban J connectivity index is 1.52. The Morgan fingerprint density at radius 2 is 2.07 bits per heavy atom. The first-order valence-corrected chi connectivity index (χ1v) is 10.0. The number of nitriles is 1. The number of piperazine rings is 1. The Bertz CT molecular complexity index is 1060. The fourth-order valence-electron chi connectivity index (χ4n) is 3.45. The van der Waals surface area contributed by atoms with Crippen LogP contribution >= 0.6 is 11.9 Å². The highest BCUT2D eigenvalue weighted by Gasteiger charge is 2.18. The number of aromatic amines is 1. The van der Waals surface area contributed by atoms with Gasteiger partial charge in [-0.1, -0.05) is 12.1 Å². The molecule has 0 radical (unpaired) electrons. The number of nitrogens with zero attached hydrogens (tertiary/aromatic N) is 2. The van der Waals surface area contributed by atoms with Crippen LogP contribution in [-0.4, -0.2) is 42.0 Å². The lowest BCUT2D eigenvalue weighted by Gasteiger charge is -2.27. The zero-order chi connectivity index (χ0) is 19.5. The number of aryl methyl sites for hydroxylation is 1. The van der Waals surface area contributed by atoms with Crippen molar-refractivity contribution in [1.82, 2.24) is 15.2 Å². The van der Waals surface area contributed by atoms with Crippen molar-refractivity contribution < 1.29 is 4.79 Å². The van der Waals surface area contributed by atoms with E-state index in [-0.39, 0.29) is 5.91 Å². The molecular weight excluding hydrogens is 370 g/mol. The van der Waals surface area contributed by atoms with Gasteiger partial charge in [-0.3, -0.25) is 4.79 Å². The lowest BCUT2D eigenvalue weighted by Crippen LogP contribution is -2.46. The molecule has 1 aliphatic heterocycles. The molecule has 7 heteroatoms. The first-order chi connectivity index (χ1) is 13.7. The lowest BCUT2D eigenvalue weighted by molar-refractivity contribution is 0.0735. The van der Waals surface area contributed by atoms with Crippen LogP contribution in [0.15, 0.2) is 47.5 Å². The average molecular weight is 392 g/mol. The fraction of sp³-hybridized carbons (Fsp3) is 0.238. The van der Waals surface area contributed by atoms with Crippen molar-refractivity contribution in [3.05, 3.63) is 59.3 Å². The van der Waals surface area contributed by atoms with E-state index in [0.29, 0.717) is 11.1 Å². The van der Waals surface area contributed by atoms with Crippen molar-refractivity contribution in [3.8, 4) is 6.07 Å². The van der Waals surface area contributed by atoms with Crippen molar-refractivity contribution in [1.29, 1.82) is 5.26 Å². The zero-order valence-corrected chi connectivity index (χ0v) is 16.4. The van der Waals surface area contributed by atoms with E-state index in [1.165, 1.54) is 11.9 Å². The number of benzene rings is 2. The van der Waals surface area contributed by atoms with E-state index in [9.17, 15) is 10.1 Å². The largest absolute Gasteiger partial charge is 0.358 e. The minimum atomic E-state index is 0.0738. The lowest BCUT2D eigenvalue weighted by atomic mass is 10.1. The third kappa shape index (κ3) is 3.57. The van der Waals surface area contributed by atoms with Crippen molar-refractivity contribution in [2.24, 2.45) is 0 Å². The van der Waals surface area contributed by atoms with Crippen LogP contribution in [-0.2, 0) is 0 Å². The van der Waals surface area contributed by atoms with E-state index in [1.807, 2.05) is 48.2 Å². The molecule has 4 rings (SSSR count). The van der Waals surface area contributed by atoms with E-state index in [4.69, 9.17) is 0 Å². The maximum Gasteiger partial charge on any atom is 0.253 e. The van der Waals surface area contributed by atoms with Gasteiger partial charge in [0.2, 0.25) is 0 Å². The van der Waals surface area contributed by atoms with Gasteiger partial charge in [-0.15, -0.1) is 0 Å². The molecule has 0 spiro atoms. The maximum atomic E-state index is 12.7. The molecule has 2 heterocycles. The van der Waals surface area contributed by atoms with E-state index in [2.05, 4.69) is 21.1 Å². The van der Waals surface area contributed by atoms with E-state index in [0.717, 1.165) is 53.2 Å². The standard InChI is InChI=1S/C21H21N5OS/c1-14-5-6-18(20-19(14)16(12-22)13-24-20)25-28-17-4-2-3-15(11-17)21(27)26-9-7-23-8-10-26/h2-6,11,13,23-25H,7-10H2,1H3. The molecule has 1 aromatic heterocycles. The number of aromatic nitrogens is 1. The second-order valence-corrected chi connectivity index (χ2v) is 7.65. The summed E-state index contributed by atoms with van der Waals surface area (Å²) in [5.41, 5.74) is 4.23. The molecular formula is C21H21N5OS. The molecule has 1 fully saturated rings. The van der Waals surface area contributed by atoms with Gasteiger partial charge in [0, 0.05) is 48.2 Å². The van der Waals surface area contributed by atoms with Crippen LogP contribution in [0.3, 0.4) is 0 Å². The first-order valence-electron chi connectivity index (χ1n) is 9.21. The van der Waals surface area contributed by atoms with Crippen LogP contribution in [0.4, 0.5) is 5.69 Å². The molecule has 2 aromatic carbocycles. The van der Waals surface area contributed by atoms with E-state index in [1.54, 1.807) is 6.20 Å². The topological polar surface area (TPSA) is 84.0 Å². The predicted molar refractivity (Wildman–Crippen MR) is 112 cm³/mol. The Kier molecular flexibility index (Phi) is 5.24. The molecule has 0 atom stereocenters. The van der Waals surface area contributed by atoms with Crippen LogP contribution in [0, 0.1) is 18.3 Å². The summed E-state index contributed by atoms with van der Waals surface area (Å²) in [6, 6.07) is 13.9. The van der Waals surface area contributed by atoms with Gasteiger partial charge in [-0.05, 0) is 48.7 Å². The smallest absolute Gasteiger partial charge is 0.253 e. The molecule has 0 bridgehead atoms. The summed E-state index contributed by atoms with van der Waals surface area (Å²) >= 11 is 1.45. The highest BCUT2D eigenvalue weighted by molar-refractivity contribution is 8.00. The molecule has 0 unspecified atom stereocenters. The molecule has 1 saturated heterocycles. The monoisotopic (exact) mass is 391 g/mol. The molecule has 6 nitrogen and oxygen atoms in total. The van der Waals surface area contributed by atoms with Crippen LogP contribution in [0.2, 0.25) is 0 Å². The van der Waals surface area contributed by atoms with Crippen molar-refractivity contribution in [3.63, 3.8) is 0 Å². The van der Waals surface area contributed by atoms with Crippen LogP contribution in [0.5, 0.6) is 0 Å². The number of hydrogen-bond donors (Lipinski definition) is 3. The first kappa shape index (κ1) is 18.4. The van der Waals surface area contributed by atoms with Gasteiger partial charge in [-0.25, -0.2) is 0 Å². The number of fused-ring (bicyclic) bond motifs is 1. The number of H-pyrrole nitrogens is 1. The van der Waals surface area contributed by atoms with Gasteiger partial charge in [0.05, 0.1) is 16.8 Å². The summed E-state index contributed by atoms with van der Waals surface area (Å²) in [5, 5.41) is 13.5. The molecule has 3 N–H and O–H groups in total. The maximum absolute atomic E-state index is 12.7. The second kappa shape index (κ2) is 7.97. The predicted octanol–water partition coefficient (Wildman–Crippen LogP) is 3.51. The second-order valence-electron chi connectivity index (χ2n) is 6.77. The van der Waals surface area contributed by atoms with E-state index < -0.39 is 0 Å². The molecule has 28 heavy (non-hydrogen) atoms. The van der Waals surface area contributed by atoms with Crippen LogP contribution in [0.1, 0.15) is 21.5 Å². The molecule has 1 aliphatic rings. The highest BCUT2D eigenvalue weighted by atomic mass is 32.2. The normalized spacial score (nSPS) is 14.1. The van der Waals surface area contributed by atoms with Gasteiger partial charge in [0.25, 0.3) is 5.91 Å². The summed E-state index contributed by atoms with van der Waals surface area (Å²) in [6.07, 6.45) is 1.74. The summed E-state index contributed by atoms with van der Waals surface area (Å²) < 4.78 is 3.36. The molecule has 0 aliphatic carbocycles. The summed E-state index contributed by atoms with van der Waals surface area (Å²) in [7, 11) is 0. The van der Waals surface area contributed by atoms with E-state index >= 15 is 0 Å². The van der Waals surface area contributed by atoms with Crippen molar-refractivity contribution in [2.45, 2.75) is 11.8 Å². The molecule has 3 aromatic rings. The number of nitrogens with one attached hydrogen (secondary N) is 3. The average Bonchev–Trinajstić information content (AvgIpc) is 3.19. The number of rotatable bonds is 4. The quantitative estimate of drug-likeness (QED) is 0.593. The minimum Gasteiger partial charge on any atom is -0.358 e. The highest BCUT2D eigenvalue weighted by Crippen LogP contribution is 2.31. The number of carbonyl (C=O) groups is 1. The summed E-state index contributed by atoms with van der Waals surface area (Å²) in [6.45, 7) is 5.16. The van der Waals surface area contributed by atoms with Crippen LogP contribution in [0.25, 0.3) is 10.9 Å². The molecule has 1 amide bonds. The SMILES string of the molecule is Cc1ccc(NSc2cccc(C(=O)N3CCNCC3)c2)c2[nH]cc(C#N)c12. The molecule has 0 saturated carbocycles. The van der Waals surface area contributed by atoms with Gasteiger partial charge >= 0.3 is 0 Å². The Morgan fingerprint density at radius 1 is 1.25 bits per heavy atom. The van der Waals surface area contributed by atoms with Crippen LogP contribution < -0.4 is 10.0 Å². The van der Waals surface area contributed by atoms with Gasteiger partial charge < -0.3 is 19.9 Å². The summed E-state index contributed by atoms with van der Waals surface area (Å²) in [5.74, 6) is 0.0738.